The number of benzene rings is 1. The summed E-state index contributed by atoms with van der Waals surface area (Å²) in [6, 6.07) is 10.2. The number of piperidine rings is 1. The average molecular weight is 340 g/mol. The van der Waals surface area contributed by atoms with Gasteiger partial charge in [-0.1, -0.05) is 18.2 Å². The molecule has 0 saturated carbocycles. The summed E-state index contributed by atoms with van der Waals surface area (Å²) >= 11 is 0. The molecule has 2 amide bonds. The summed E-state index contributed by atoms with van der Waals surface area (Å²) in [6.45, 7) is 3.33. The molecule has 3 heterocycles. The molecule has 1 aromatic carbocycles. The second-order valence-electron chi connectivity index (χ2n) is 6.94. The van der Waals surface area contributed by atoms with E-state index in [1.807, 2.05) is 35.2 Å². The lowest BCUT2D eigenvalue weighted by atomic mass is 9.92. The third kappa shape index (κ3) is 3.24. The monoisotopic (exact) mass is 340 g/mol. The number of hydrogen-bond donors (Lipinski definition) is 1. The molecule has 0 aliphatic carbocycles. The van der Waals surface area contributed by atoms with Crippen LogP contribution in [0.15, 0.2) is 36.7 Å². The van der Waals surface area contributed by atoms with Gasteiger partial charge in [-0.3, -0.25) is 0 Å². The molecule has 7 nitrogen and oxygen atoms in total. The zero-order valence-corrected chi connectivity index (χ0v) is 14.5. The van der Waals surface area contributed by atoms with E-state index in [-0.39, 0.29) is 6.03 Å². The Morgan fingerprint density at radius 3 is 2.88 bits per heavy atom. The van der Waals surface area contributed by atoms with Crippen molar-refractivity contribution in [2.24, 2.45) is 5.92 Å². The third-order valence-electron chi connectivity index (χ3n) is 5.34. The van der Waals surface area contributed by atoms with Crippen LogP contribution in [0.4, 0.5) is 4.79 Å². The molecule has 7 heteroatoms. The molecule has 2 fully saturated rings. The highest BCUT2D eigenvalue weighted by Gasteiger charge is 2.39. The van der Waals surface area contributed by atoms with Gasteiger partial charge in [0, 0.05) is 19.1 Å². The van der Waals surface area contributed by atoms with Crippen LogP contribution < -0.4 is 5.32 Å². The molecule has 132 valence electrons. The second kappa shape index (κ2) is 6.84. The molecule has 4 rings (SSSR count). The minimum Gasteiger partial charge on any atom is -0.331 e. The quantitative estimate of drug-likeness (QED) is 0.920. The predicted molar refractivity (Wildman–Crippen MR) is 94.3 cm³/mol. The van der Waals surface area contributed by atoms with Crippen molar-refractivity contribution in [2.45, 2.75) is 25.4 Å². The number of likely N-dealkylation sites (N-methyl/N-ethyl adjacent to an activating group) is 1. The lowest BCUT2D eigenvalue weighted by Gasteiger charge is -2.36. The van der Waals surface area contributed by atoms with Crippen molar-refractivity contribution in [3.63, 3.8) is 0 Å². The lowest BCUT2D eigenvalue weighted by Crippen LogP contribution is -2.51. The molecular weight excluding hydrogens is 316 g/mol. The first-order valence-corrected chi connectivity index (χ1v) is 8.89. The van der Waals surface area contributed by atoms with Crippen LogP contribution in [-0.4, -0.2) is 63.3 Å². The van der Waals surface area contributed by atoms with Gasteiger partial charge in [0.1, 0.15) is 6.33 Å². The van der Waals surface area contributed by atoms with E-state index in [4.69, 9.17) is 0 Å². The highest BCUT2D eigenvalue weighted by molar-refractivity contribution is 5.75. The van der Waals surface area contributed by atoms with E-state index in [9.17, 15) is 4.79 Å². The normalized spacial score (nSPS) is 23.5. The fourth-order valence-electron chi connectivity index (χ4n) is 3.98. The topological polar surface area (TPSA) is 66.3 Å². The van der Waals surface area contributed by atoms with E-state index in [1.165, 1.54) is 12.7 Å². The first-order valence-electron chi connectivity index (χ1n) is 8.89. The Hall–Kier alpha value is -2.41. The Kier molecular flexibility index (Phi) is 4.40. The molecule has 0 bridgehead atoms. The van der Waals surface area contributed by atoms with E-state index in [2.05, 4.69) is 27.3 Å². The number of amides is 2. The second-order valence-corrected chi connectivity index (χ2v) is 6.94. The van der Waals surface area contributed by atoms with Crippen molar-refractivity contribution >= 4 is 6.03 Å². The molecular formula is C18H24N6O. The Bertz CT molecular complexity index is 730. The molecule has 1 N–H and O–H groups in total. The van der Waals surface area contributed by atoms with Crippen molar-refractivity contribution in [3.8, 4) is 5.69 Å². The molecule has 2 aromatic rings. The Morgan fingerprint density at radius 1 is 1.24 bits per heavy atom. The van der Waals surface area contributed by atoms with Gasteiger partial charge >= 0.3 is 6.03 Å². The van der Waals surface area contributed by atoms with E-state index in [0.717, 1.165) is 37.6 Å². The molecule has 0 radical (unpaired) electrons. The van der Waals surface area contributed by atoms with Gasteiger partial charge in [0.2, 0.25) is 0 Å². The van der Waals surface area contributed by atoms with Gasteiger partial charge in [0.15, 0.2) is 5.82 Å². The maximum absolute atomic E-state index is 12.7. The zero-order chi connectivity index (χ0) is 17.2. The number of nitrogens with zero attached hydrogens (tertiary/aromatic N) is 5. The van der Waals surface area contributed by atoms with E-state index in [0.29, 0.717) is 18.5 Å². The van der Waals surface area contributed by atoms with Gasteiger partial charge in [0.25, 0.3) is 0 Å². The number of fused-ring (bicyclic) bond motifs is 1. The molecule has 2 atom stereocenters. The molecule has 25 heavy (non-hydrogen) atoms. The SMILES string of the molecule is CN1CC[C@H]2CCN(C(=O)NCc3ncnn3-c3ccccc3)[C@H]2C1. The van der Waals surface area contributed by atoms with Crippen LogP contribution in [0, 0.1) is 5.92 Å². The molecule has 1 aromatic heterocycles. The van der Waals surface area contributed by atoms with Gasteiger partial charge in [-0.05, 0) is 44.5 Å². The highest BCUT2D eigenvalue weighted by Crippen LogP contribution is 2.31. The lowest BCUT2D eigenvalue weighted by molar-refractivity contribution is 0.130. The van der Waals surface area contributed by atoms with Crippen LogP contribution in [0.3, 0.4) is 0 Å². The summed E-state index contributed by atoms with van der Waals surface area (Å²) < 4.78 is 1.77. The summed E-state index contributed by atoms with van der Waals surface area (Å²) in [4.78, 5) is 21.3. The van der Waals surface area contributed by atoms with E-state index < -0.39 is 0 Å². The summed E-state index contributed by atoms with van der Waals surface area (Å²) in [6.07, 6.45) is 3.83. The van der Waals surface area contributed by atoms with E-state index >= 15 is 0 Å². The van der Waals surface area contributed by atoms with Crippen molar-refractivity contribution < 1.29 is 4.79 Å². The first-order chi connectivity index (χ1) is 12.2. The maximum Gasteiger partial charge on any atom is 0.318 e. The predicted octanol–water partition coefficient (Wildman–Crippen LogP) is 1.50. The van der Waals surface area contributed by atoms with Crippen molar-refractivity contribution in [3.05, 3.63) is 42.5 Å². The molecule has 0 unspecified atom stereocenters. The number of aromatic nitrogens is 3. The van der Waals surface area contributed by atoms with Gasteiger partial charge in [-0.2, -0.15) is 5.10 Å². The van der Waals surface area contributed by atoms with Crippen molar-refractivity contribution in [1.29, 1.82) is 0 Å². The molecule has 2 aliphatic heterocycles. The molecule has 2 aliphatic rings. The van der Waals surface area contributed by atoms with Crippen LogP contribution >= 0.6 is 0 Å². The fraction of sp³-hybridized carbons (Fsp3) is 0.500. The number of carbonyl (C=O) groups is 1. The Balaban J connectivity index is 1.41. The van der Waals surface area contributed by atoms with Crippen LogP contribution in [0.5, 0.6) is 0 Å². The maximum atomic E-state index is 12.7. The minimum atomic E-state index is 0.00501. The van der Waals surface area contributed by atoms with E-state index in [1.54, 1.807) is 4.68 Å². The molecule has 2 saturated heterocycles. The van der Waals surface area contributed by atoms with Crippen LogP contribution in [0.25, 0.3) is 5.69 Å². The number of rotatable bonds is 3. The van der Waals surface area contributed by atoms with Crippen molar-refractivity contribution in [1.82, 2.24) is 29.9 Å². The van der Waals surface area contributed by atoms with Crippen LogP contribution in [0.2, 0.25) is 0 Å². The largest absolute Gasteiger partial charge is 0.331 e. The number of likely N-dealkylation sites (tertiary alicyclic amines) is 2. The number of carbonyl (C=O) groups excluding carboxylic acids is 1. The first kappa shape index (κ1) is 16.1. The van der Waals surface area contributed by atoms with Gasteiger partial charge in [0.05, 0.1) is 12.2 Å². The minimum absolute atomic E-state index is 0.00501. The summed E-state index contributed by atoms with van der Waals surface area (Å²) in [5.41, 5.74) is 0.944. The number of urea groups is 1. The fourth-order valence-corrected chi connectivity index (χ4v) is 3.98. The molecule has 0 spiro atoms. The Morgan fingerprint density at radius 2 is 2.04 bits per heavy atom. The summed E-state index contributed by atoms with van der Waals surface area (Å²) in [5.74, 6) is 1.38. The smallest absolute Gasteiger partial charge is 0.318 e. The average Bonchev–Trinajstić information content (AvgIpc) is 3.27. The third-order valence-corrected chi connectivity index (χ3v) is 5.34. The van der Waals surface area contributed by atoms with Gasteiger partial charge in [-0.15, -0.1) is 0 Å². The van der Waals surface area contributed by atoms with Crippen LogP contribution in [0.1, 0.15) is 18.7 Å². The highest BCUT2D eigenvalue weighted by atomic mass is 16.2. The zero-order valence-electron chi connectivity index (χ0n) is 14.5. The number of hydrogen-bond acceptors (Lipinski definition) is 4. The van der Waals surface area contributed by atoms with Gasteiger partial charge in [-0.25, -0.2) is 14.5 Å². The summed E-state index contributed by atoms with van der Waals surface area (Å²) in [5, 5.41) is 7.30. The van der Waals surface area contributed by atoms with Gasteiger partial charge < -0.3 is 15.1 Å². The standard InChI is InChI=1S/C18H24N6O/c1-22-9-7-14-8-10-23(16(14)12-22)18(25)19-11-17-20-13-21-24(17)15-5-3-2-4-6-15/h2-6,13-14,16H,7-12H2,1H3,(H,19,25)/t14-,16-/m0/s1. The summed E-state index contributed by atoms with van der Waals surface area (Å²) in [7, 11) is 2.13. The van der Waals surface area contributed by atoms with Crippen molar-refractivity contribution in [2.75, 3.05) is 26.7 Å². The Labute approximate surface area is 147 Å². The van der Waals surface area contributed by atoms with Crippen LogP contribution in [-0.2, 0) is 6.54 Å². The number of nitrogens with one attached hydrogen (secondary N) is 1. The number of para-hydroxylation sites is 1.